The summed E-state index contributed by atoms with van der Waals surface area (Å²) in [5.41, 5.74) is 1.98. The fraction of sp³-hybridized carbons (Fsp3) is 0.300. The SMILES string of the molecule is COc1ccccc1[C@H]1CN(c2nc(-c3ccncn3)cc(=O)n2C)CCO1. The monoisotopic (exact) mass is 379 g/mol. The molecule has 3 aromatic rings. The number of hydrogen-bond donors (Lipinski definition) is 0. The first-order valence-corrected chi connectivity index (χ1v) is 9.01. The van der Waals surface area contributed by atoms with E-state index in [1.54, 1.807) is 31.0 Å². The molecule has 1 saturated heterocycles. The molecule has 1 atom stereocenters. The molecule has 0 radical (unpaired) electrons. The van der Waals surface area contributed by atoms with E-state index in [2.05, 4.69) is 14.9 Å². The molecule has 8 heteroatoms. The van der Waals surface area contributed by atoms with Gasteiger partial charge in [0.1, 0.15) is 18.2 Å². The summed E-state index contributed by atoms with van der Waals surface area (Å²) in [6.45, 7) is 1.73. The molecule has 4 rings (SSSR count). The first-order chi connectivity index (χ1) is 13.7. The van der Waals surface area contributed by atoms with Gasteiger partial charge in [-0.15, -0.1) is 0 Å². The zero-order valence-electron chi connectivity index (χ0n) is 15.8. The topological polar surface area (TPSA) is 82.4 Å². The van der Waals surface area contributed by atoms with E-state index in [0.29, 0.717) is 37.0 Å². The second-order valence-electron chi connectivity index (χ2n) is 6.48. The summed E-state index contributed by atoms with van der Waals surface area (Å²) in [5.74, 6) is 1.37. The lowest BCUT2D eigenvalue weighted by Gasteiger charge is -2.35. The summed E-state index contributed by atoms with van der Waals surface area (Å²) in [6.07, 6.45) is 2.90. The van der Waals surface area contributed by atoms with Crippen molar-refractivity contribution in [2.45, 2.75) is 6.10 Å². The molecule has 0 spiro atoms. The van der Waals surface area contributed by atoms with Crippen molar-refractivity contribution in [1.29, 1.82) is 0 Å². The maximum absolute atomic E-state index is 12.5. The fourth-order valence-electron chi connectivity index (χ4n) is 3.34. The Balaban J connectivity index is 1.69. The van der Waals surface area contributed by atoms with Crippen LogP contribution in [-0.4, -0.2) is 46.3 Å². The molecule has 1 aliphatic heterocycles. The number of nitrogens with zero attached hydrogens (tertiary/aromatic N) is 5. The molecular formula is C20H21N5O3. The second kappa shape index (κ2) is 7.77. The van der Waals surface area contributed by atoms with Gasteiger partial charge in [0.25, 0.3) is 5.56 Å². The Morgan fingerprint density at radius 3 is 2.86 bits per heavy atom. The predicted octanol–water partition coefficient (Wildman–Crippen LogP) is 1.82. The summed E-state index contributed by atoms with van der Waals surface area (Å²) in [5, 5.41) is 0. The summed E-state index contributed by atoms with van der Waals surface area (Å²) < 4.78 is 13.0. The number of methoxy groups -OCH3 is 1. The Morgan fingerprint density at radius 1 is 1.21 bits per heavy atom. The van der Waals surface area contributed by atoms with Crippen LogP contribution in [0.4, 0.5) is 5.95 Å². The quantitative estimate of drug-likeness (QED) is 0.684. The number of ether oxygens (including phenoxy) is 2. The minimum atomic E-state index is -0.176. The van der Waals surface area contributed by atoms with Crippen LogP contribution < -0.4 is 15.2 Å². The summed E-state index contributed by atoms with van der Waals surface area (Å²) in [4.78, 5) is 27.4. The van der Waals surface area contributed by atoms with Crippen LogP contribution in [0.2, 0.25) is 0 Å². The van der Waals surface area contributed by atoms with Gasteiger partial charge in [0.2, 0.25) is 5.95 Å². The van der Waals surface area contributed by atoms with Crippen LogP contribution in [0.1, 0.15) is 11.7 Å². The van der Waals surface area contributed by atoms with E-state index in [4.69, 9.17) is 14.5 Å². The second-order valence-corrected chi connectivity index (χ2v) is 6.48. The molecule has 0 saturated carbocycles. The zero-order valence-corrected chi connectivity index (χ0v) is 15.8. The van der Waals surface area contributed by atoms with Crippen molar-refractivity contribution in [2.24, 2.45) is 7.05 Å². The van der Waals surface area contributed by atoms with E-state index in [1.807, 2.05) is 24.3 Å². The van der Waals surface area contributed by atoms with Crippen molar-refractivity contribution in [3.05, 3.63) is 64.8 Å². The van der Waals surface area contributed by atoms with Crippen molar-refractivity contribution < 1.29 is 9.47 Å². The lowest BCUT2D eigenvalue weighted by molar-refractivity contribution is 0.0374. The van der Waals surface area contributed by atoms with Gasteiger partial charge in [-0.2, -0.15) is 0 Å². The third-order valence-corrected chi connectivity index (χ3v) is 4.79. The number of para-hydroxylation sites is 1. The van der Waals surface area contributed by atoms with Crippen LogP contribution in [0.3, 0.4) is 0 Å². The van der Waals surface area contributed by atoms with Crippen LogP contribution in [-0.2, 0) is 11.8 Å². The van der Waals surface area contributed by atoms with Crippen molar-refractivity contribution in [3.63, 3.8) is 0 Å². The van der Waals surface area contributed by atoms with Gasteiger partial charge in [-0.1, -0.05) is 18.2 Å². The highest BCUT2D eigenvalue weighted by atomic mass is 16.5. The van der Waals surface area contributed by atoms with E-state index in [1.165, 1.54) is 12.4 Å². The highest BCUT2D eigenvalue weighted by molar-refractivity contribution is 5.55. The predicted molar refractivity (Wildman–Crippen MR) is 104 cm³/mol. The molecule has 3 heterocycles. The Labute approximate surface area is 162 Å². The average Bonchev–Trinajstić information content (AvgIpc) is 2.76. The van der Waals surface area contributed by atoms with Crippen molar-refractivity contribution in [3.8, 4) is 17.1 Å². The van der Waals surface area contributed by atoms with Crippen molar-refractivity contribution in [1.82, 2.24) is 19.5 Å². The number of rotatable bonds is 4. The minimum absolute atomic E-state index is 0.140. The number of benzene rings is 1. The molecule has 1 aromatic carbocycles. The molecule has 1 fully saturated rings. The van der Waals surface area contributed by atoms with Gasteiger partial charge in [-0.25, -0.2) is 15.0 Å². The summed E-state index contributed by atoms with van der Waals surface area (Å²) in [7, 11) is 3.37. The summed E-state index contributed by atoms with van der Waals surface area (Å²) in [6, 6.07) is 11.0. The van der Waals surface area contributed by atoms with Gasteiger partial charge in [-0.05, 0) is 12.1 Å². The van der Waals surface area contributed by atoms with Crippen LogP contribution in [0.25, 0.3) is 11.4 Å². The van der Waals surface area contributed by atoms with E-state index < -0.39 is 0 Å². The van der Waals surface area contributed by atoms with E-state index in [-0.39, 0.29) is 11.7 Å². The first-order valence-electron chi connectivity index (χ1n) is 9.01. The Bertz CT molecular complexity index is 1020. The van der Waals surface area contributed by atoms with E-state index in [0.717, 1.165) is 11.3 Å². The largest absolute Gasteiger partial charge is 0.496 e. The van der Waals surface area contributed by atoms with E-state index in [9.17, 15) is 4.79 Å². The Hall–Kier alpha value is -3.26. The van der Waals surface area contributed by atoms with E-state index >= 15 is 0 Å². The molecule has 2 aromatic heterocycles. The number of anilines is 1. The Morgan fingerprint density at radius 2 is 2.07 bits per heavy atom. The first kappa shape index (κ1) is 18.1. The standard InChI is InChI=1S/C20H21N5O3/c1-24-19(26)11-16(15-7-8-21-13-22-15)23-20(24)25-9-10-28-18(12-25)14-5-3-4-6-17(14)27-2/h3-8,11,13,18H,9-10,12H2,1-2H3/t18-/m1/s1. The molecular weight excluding hydrogens is 358 g/mol. The van der Waals surface area contributed by atoms with Gasteiger partial charge in [0, 0.05) is 31.4 Å². The van der Waals surface area contributed by atoms with Crippen LogP contribution in [0.5, 0.6) is 5.75 Å². The molecule has 144 valence electrons. The van der Waals surface area contributed by atoms with Crippen molar-refractivity contribution >= 4 is 5.95 Å². The van der Waals surface area contributed by atoms with Gasteiger partial charge >= 0.3 is 0 Å². The van der Waals surface area contributed by atoms with Gasteiger partial charge < -0.3 is 14.4 Å². The highest BCUT2D eigenvalue weighted by Gasteiger charge is 2.27. The number of hydrogen-bond acceptors (Lipinski definition) is 7. The van der Waals surface area contributed by atoms with Crippen molar-refractivity contribution in [2.75, 3.05) is 31.7 Å². The molecule has 28 heavy (non-hydrogen) atoms. The number of morpholine rings is 1. The van der Waals surface area contributed by atoms with Crippen LogP contribution >= 0.6 is 0 Å². The third-order valence-electron chi connectivity index (χ3n) is 4.79. The maximum Gasteiger partial charge on any atom is 0.255 e. The maximum atomic E-state index is 12.5. The lowest BCUT2D eigenvalue weighted by atomic mass is 10.1. The van der Waals surface area contributed by atoms with Gasteiger partial charge in [0.15, 0.2) is 0 Å². The molecule has 8 nitrogen and oxygen atoms in total. The Kier molecular flexibility index (Phi) is 5.03. The molecule has 0 N–H and O–H groups in total. The normalized spacial score (nSPS) is 16.8. The third kappa shape index (κ3) is 3.46. The zero-order chi connectivity index (χ0) is 19.5. The lowest BCUT2D eigenvalue weighted by Crippen LogP contribution is -2.41. The molecule has 1 aliphatic rings. The van der Waals surface area contributed by atoms with Gasteiger partial charge in [0.05, 0.1) is 31.6 Å². The molecule has 0 unspecified atom stereocenters. The highest BCUT2D eigenvalue weighted by Crippen LogP contribution is 2.31. The minimum Gasteiger partial charge on any atom is -0.496 e. The smallest absolute Gasteiger partial charge is 0.255 e. The van der Waals surface area contributed by atoms with Crippen LogP contribution in [0.15, 0.2) is 53.7 Å². The molecule has 0 bridgehead atoms. The number of aromatic nitrogens is 4. The van der Waals surface area contributed by atoms with Gasteiger partial charge in [-0.3, -0.25) is 9.36 Å². The molecule has 0 aliphatic carbocycles. The summed E-state index contributed by atoms with van der Waals surface area (Å²) >= 11 is 0. The molecule has 0 amide bonds. The average molecular weight is 379 g/mol. The van der Waals surface area contributed by atoms with Crippen LogP contribution in [0, 0.1) is 0 Å². The fourth-order valence-corrected chi connectivity index (χ4v) is 3.34.